The van der Waals surface area contributed by atoms with Gasteiger partial charge in [-0.25, -0.2) is 4.68 Å². The smallest absolute Gasteiger partial charge is 0.287 e. The van der Waals surface area contributed by atoms with Gasteiger partial charge in [0.25, 0.3) is 5.56 Å². The van der Waals surface area contributed by atoms with Gasteiger partial charge in [0.1, 0.15) is 5.02 Å². The summed E-state index contributed by atoms with van der Waals surface area (Å²) in [6.45, 7) is 6.45. The van der Waals surface area contributed by atoms with Crippen molar-refractivity contribution in [1.29, 1.82) is 0 Å². The fourth-order valence-electron chi connectivity index (χ4n) is 1.88. The summed E-state index contributed by atoms with van der Waals surface area (Å²) in [6.07, 6.45) is 3.56. The van der Waals surface area contributed by atoms with Crippen LogP contribution in [0.3, 0.4) is 0 Å². The molecule has 0 aliphatic carbocycles. The molecule has 0 spiro atoms. The van der Waals surface area contributed by atoms with Gasteiger partial charge in [0.2, 0.25) is 0 Å². The zero-order chi connectivity index (χ0) is 14.4. The monoisotopic (exact) mass is 287 g/mol. The van der Waals surface area contributed by atoms with E-state index < -0.39 is 0 Å². The van der Waals surface area contributed by atoms with Crippen molar-refractivity contribution in [3.8, 4) is 0 Å². The first kappa shape index (κ1) is 16.0. The summed E-state index contributed by atoms with van der Waals surface area (Å²) in [7, 11) is 1.65. The molecule has 1 unspecified atom stereocenters. The minimum atomic E-state index is -0.269. The fourth-order valence-corrected chi connectivity index (χ4v) is 2.07. The quantitative estimate of drug-likeness (QED) is 0.838. The van der Waals surface area contributed by atoms with Gasteiger partial charge in [-0.2, -0.15) is 5.10 Å². The minimum Gasteiger partial charge on any atom is -0.383 e. The highest BCUT2D eigenvalue weighted by Gasteiger charge is 2.14. The zero-order valence-corrected chi connectivity index (χ0v) is 12.7. The van der Waals surface area contributed by atoms with Crippen molar-refractivity contribution < 1.29 is 4.74 Å². The summed E-state index contributed by atoms with van der Waals surface area (Å²) < 4.78 is 6.53. The Morgan fingerprint density at radius 2 is 2.21 bits per heavy atom. The third kappa shape index (κ3) is 4.21. The van der Waals surface area contributed by atoms with E-state index in [1.165, 1.54) is 4.68 Å². The van der Waals surface area contributed by atoms with Crippen LogP contribution in [0.1, 0.15) is 39.7 Å². The number of nitrogens with zero attached hydrogens (tertiary/aromatic N) is 2. The van der Waals surface area contributed by atoms with Gasteiger partial charge in [-0.05, 0) is 20.3 Å². The summed E-state index contributed by atoms with van der Waals surface area (Å²) in [4.78, 5) is 12.0. The normalized spacial score (nSPS) is 12.7. The Hall–Kier alpha value is -1.07. The first-order valence-electron chi connectivity index (χ1n) is 6.54. The van der Waals surface area contributed by atoms with Gasteiger partial charge >= 0.3 is 0 Å². The molecule has 1 heterocycles. The number of hydrogen-bond acceptors (Lipinski definition) is 4. The lowest BCUT2D eigenvalue weighted by Crippen LogP contribution is -2.29. The number of ether oxygens (including phenoxy) is 1. The lowest BCUT2D eigenvalue weighted by molar-refractivity contribution is 0.182. The Kier molecular flexibility index (Phi) is 6.31. The largest absolute Gasteiger partial charge is 0.383 e. The summed E-state index contributed by atoms with van der Waals surface area (Å²) in [5.74, 6) is 0. The molecule has 1 aromatic heterocycles. The molecule has 1 rings (SSSR count). The Morgan fingerprint density at radius 1 is 1.53 bits per heavy atom. The molecule has 1 N–H and O–H groups in total. The molecule has 0 aromatic carbocycles. The summed E-state index contributed by atoms with van der Waals surface area (Å²) in [5.41, 5.74) is 0.299. The van der Waals surface area contributed by atoms with E-state index >= 15 is 0 Å². The van der Waals surface area contributed by atoms with Gasteiger partial charge in [-0.1, -0.05) is 24.9 Å². The molecule has 0 saturated heterocycles. The molecule has 0 amide bonds. The van der Waals surface area contributed by atoms with Gasteiger partial charge in [-0.3, -0.25) is 4.79 Å². The Bertz CT molecular complexity index is 454. The van der Waals surface area contributed by atoms with Crippen molar-refractivity contribution in [2.75, 3.05) is 19.0 Å². The standard InChI is InChI=1S/C13H22ClN3O2/c1-5-6-10(8-19-4)16-11-7-15-17(9(2)3)13(18)12(11)14/h7,9-10,16H,5-6,8H2,1-4H3. The van der Waals surface area contributed by atoms with Crippen LogP contribution < -0.4 is 10.9 Å². The van der Waals surface area contributed by atoms with Crippen molar-refractivity contribution in [3.63, 3.8) is 0 Å². The van der Waals surface area contributed by atoms with E-state index in [1.54, 1.807) is 13.3 Å². The number of halogens is 1. The number of rotatable bonds is 7. The average molecular weight is 288 g/mol. The molecule has 0 aliphatic heterocycles. The first-order valence-corrected chi connectivity index (χ1v) is 6.91. The number of aromatic nitrogens is 2. The maximum Gasteiger partial charge on any atom is 0.287 e. The molecule has 1 atom stereocenters. The molecule has 0 saturated carbocycles. The molecule has 0 fully saturated rings. The van der Waals surface area contributed by atoms with Gasteiger partial charge in [0, 0.05) is 13.2 Å². The number of nitrogens with one attached hydrogen (secondary N) is 1. The van der Waals surface area contributed by atoms with Crippen LogP contribution in [-0.2, 0) is 4.74 Å². The third-order valence-corrected chi connectivity index (χ3v) is 3.16. The molecular weight excluding hydrogens is 266 g/mol. The Balaban J connectivity index is 2.95. The van der Waals surface area contributed by atoms with E-state index in [9.17, 15) is 4.79 Å². The first-order chi connectivity index (χ1) is 9.01. The molecule has 108 valence electrons. The maximum absolute atomic E-state index is 12.0. The molecule has 19 heavy (non-hydrogen) atoms. The summed E-state index contributed by atoms with van der Waals surface area (Å²) in [5, 5.41) is 7.53. The predicted octanol–water partition coefficient (Wildman–Crippen LogP) is 2.70. The van der Waals surface area contributed by atoms with Crippen molar-refractivity contribution in [1.82, 2.24) is 9.78 Å². The van der Waals surface area contributed by atoms with E-state index in [4.69, 9.17) is 16.3 Å². The van der Waals surface area contributed by atoms with Gasteiger partial charge in [0.05, 0.1) is 24.5 Å². The molecule has 0 aliphatic rings. The Morgan fingerprint density at radius 3 is 2.74 bits per heavy atom. The highest BCUT2D eigenvalue weighted by Crippen LogP contribution is 2.18. The van der Waals surface area contributed by atoms with E-state index in [2.05, 4.69) is 17.3 Å². The molecule has 6 heteroatoms. The molecule has 0 radical (unpaired) electrons. The Labute approximate surface area is 118 Å². The van der Waals surface area contributed by atoms with Crippen LogP contribution in [0.5, 0.6) is 0 Å². The van der Waals surface area contributed by atoms with Crippen LogP contribution in [0.4, 0.5) is 5.69 Å². The highest BCUT2D eigenvalue weighted by atomic mass is 35.5. The average Bonchev–Trinajstić information content (AvgIpc) is 2.35. The lowest BCUT2D eigenvalue weighted by atomic mass is 10.2. The van der Waals surface area contributed by atoms with Crippen LogP contribution in [0, 0.1) is 0 Å². The van der Waals surface area contributed by atoms with Crippen molar-refractivity contribution >= 4 is 17.3 Å². The highest BCUT2D eigenvalue weighted by molar-refractivity contribution is 6.32. The summed E-state index contributed by atoms with van der Waals surface area (Å²) in [6, 6.07) is 0.119. The van der Waals surface area contributed by atoms with Gasteiger partial charge in [-0.15, -0.1) is 0 Å². The zero-order valence-electron chi connectivity index (χ0n) is 11.9. The second-order valence-corrected chi connectivity index (χ2v) is 5.18. The van der Waals surface area contributed by atoms with E-state index in [0.29, 0.717) is 12.3 Å². The fraction of sp³-hybridized carbons (Fsp3) is 0.692. The lowest BCUT2D eigenvalue weighted by Gasteiger charge is -2.19. The van der Waals surface area contributed by atoms with E-state index in [-0.39, 0.29) is 22.7 Å². The maximum atomic E-state index is 12.0. The van der Waals surface area contributed by atoms with Crippen LogP contribution in [-0.4, -0.2) is 29.5 Å². The molecule has 0 bridgehead atoms. The number of hydrogen-bond donors (Lipinski definition) is 1. The predicted molar refractivity (Wildman–Crippen MR) is 78.1 cm³/mol. The number of anilines is 1. The third-order valence-electron chi connectivity index (χ3n) is 2.80. The van der Waals surface area contributed by atoms with Crippen molar-refractivity contribution in [2.24, 2.45) is 0 Å². The van der Waals surface area contributed by atoms with Crippen LogP contribution in [0.25, 0.3) is 0 Å². The molecular formula is C13H22ClN3O2. The van der Waals surface area contributed by atoms with Crippen LogP contribution in [0.15, 0.2) is 11.0 Å². The van der Waals surface area contributed by atoms with Crippen molar-refractivity contribution in [3.05, 3.63) is 21.6 Å². The molecule has 5 nitrogen and oxygen atoms in total. The van der Waals surface area contributed by atoms with Crippen molar-refractivity contribution in [2.45, 2.75) is 45.7 Å². The summed E-state index contributed by atoms with van der Waals surface area (Å²) >= 11 is 6.11. The van der Waals surface area contributed by atoms with Gasteiger partial charge < -0.3 is 10.1 Å². The van der Waals surface area contributed by atoms with Crippen LogP contribution in [0.2, 0.25) is 5.02 Å². The SMILES string of the molecule is CCCC(COC)Nc1cnn(C(C)C)c(=O)c1Cl. The van der Waals surface area contributed by atoms with Gasteiger partial charge in [0.15, 0.2) is 0 Å². The van der Waals surface area contributed by atoms with E-state index in [1.807, 2.05) is 13.8 Å². The second kappa shape index (κ2) is 7.50. The second-order valence-electron chi connectivity index (χ2n) is 4.80. The number of methoxy groups -OCH3 is 1. The van der Waals surface area contributed by atoms with E-state index in [0.717, 1.165) is 12.8 Å². The topological polar surface area (TPSA) is 56.1 Å². The van der Waals surface area contributed by atoms with Crippen LogP contribution >= 0.6 is 11.6 Å². The molecule has 1 aromatic rings. The minimum absolute atomic E-state index is 0.00976.